The highest BCUT2D eigenvalue weighted by Crippen LogP contribution is 2.33. The molecule has 4 rings (SSSR count). The number of esters is 1. The first-order valence-corrected chi connectivity index (χ1v) is 12.9. The van der Waals surface area contributed by atoms with Gasteiger partial charge in [0.1, 0.15) is 11.5 Å². The van der Waals surface area contributed by atoms with Gasteiger partial charge in [-0.15, -0.1) is 0 Å². The lowest BCUT2D eigenvalue weighted by atomic mass is 9.88. The molecule has 2 aliphatic heterocycles. The van der Waals surface area contributed by atoms with Gasteiger partial charge in [-0.3, -0.25) is 19.3 Å². The second kappa shape index (κ2) is 12.1. The maximum Gasteiger partial charge on any atom is 0.306 e. The molecule has 36 heavy (non-hydrogen) atoms. The molecule has 0 N–H and O–H groups in total. The number of carbonyl (C=O) groups excluding carboxylic acids is 3. The Kier molecular flexibility index (Phi) is 8.62. The van der Waals surface area contributed by atoms with Gasteiger partial charge in [0, 0.05) is 25.8 Å². The highest BCUT2D eigenvalue weighted by molar-refractivity contribution is 6.01. The zero-order valence-electron chi connectivity index (χ0n) is 21.2. The Bertz CT molecular complexity index is 1090. The van der Waals surface area contributed by atoms with Crippen LogP contribution in [-0.2, 0) is 38.4 Å². The third-order valence-electron chi connectivity index (χ3n) is 7.02. The van der Waals surface area contributed by atoms with E-state index < -0.39 is 0 Å². The number of amides is 2. The number of nitrogens with zero attached hydrogens (tertiary/aromatic N) is 1. The van der Waals surface area contributed by atoms with Crippen LogP contribution >= 0.6 is 0 Å². The number of imide groups is 1. The lowest BCUT2D eigenvalue weighted by Gasteiger charge is -2.18. The summed E-state index contributed by atoms with van der Waals surface area (Å²) in [6.45, 7) is 3.36. The lowest BCUT2D eigenvalue weighted by molar-refractivity contribution is -0.143. The Morgan fingerprint density at radius 2 is 1.86 bits per heavy atom. The molecule has 2 aromatic rings. The molecule has 2 heterocycles. The molecular formula is C29H35NO6. The van der Waals surface area contributed by atoms with Crippen molar-refractivity contribution in [2.75, 3.05) is 26.9 Å². The molecule has 0 saturated carbocycles. The molecule has 2 aromatic carbocycles. The van der Waals surface area contributed by atoms with Crippen molar-refractivity contribution in [2.45, 2.75) is 64.2 Å². The van der Waals surface area contributed by atoms with Gasteiger partial charge in [-0.2, -0.15) is 0 Å². The van der Waals surface area contributed by atoms with Crippen molar-refractivity contribution < 1.29 is 28.6 Å². The summed E-state index contributed by atoms with van der Waals surface area (Å²) in [6, 6.07) is 12.5. The highest BCUT2D eigenvalue weighted by atomic mass is 16.5. The Morgan fingerprint density at radius 1 is 1.06 bits per heavy atom. The van der Waals surface area contributed by atoms with Crippen LogP contribution in [0.25, 0.3) is 0 Å². The molecule has 0 aromatic heterocycles. The van der Waals surface area contributed by atoms with Gasteiger partial charge < -0.3 is 14.2 Å². The third-order valence-corrected chi connectivity index (χ3v) is 7.02. The number of likely N-dealkylation sites (tertiary alicyclic amines) is 1. The molecule has 1 saturated heterocycles. The minimum atomic E-state index is -0.179. The summed E-state index contributed by atoms with van der Waals surface area (Å²) in [5.74, 6) is 1.47. The standard InChI is InChI=1S/C29H35NO6/c1-3-35-29(33)19-23(22-10-11-25-24(18-22)14-16-36-25)9-7-20-6-8-21(26(17-20)34-2)5-4-15-30-27(31)12-13-28(30)32/h6,8,10-11,17-18,23H,3-5,7,9,12-16,19H2,1-2H3. The van der Waals surface area contributed by atoms with Crippen molar-refractivity contribution in [3.63, 3.8) is 0 Å². The van der Waals surface area contributed by atoms with Crippen molar-refractivity contribution in [3.8, 4) is 11.5 Å². The van der Waals surface area contributed by atoms with Crippen LogP contribution in [0.3, 0.4) is 0 Å². The number of hydrogen-bond acceptors (Lipinski definition) is 6. The topological polar surface area (TPSA) is 82.1 Å². The Morgan fingerprint density at radius 3 is 2.61 bits per heavy atom. The average molecular weight is 494 g/mol. The Hall–Kier alpha value is -3.35. The van der Waals surface area contributed by atoms with Crippen molar-refractivity contribution in [2.24, 2.45) is 0 Å². The molecule has 0 bridgehead atoms. The fourth-order valence-electron chi connectivity index (χ4n) is 5.06. The molecule has 2 amide bonds. The molecule has 0 radical (unpaired) electrons. The minimum Gasteiger partial charge on any atom is -0.496 e. The maximum absolute atomic E-state index is 12.3. The summed E-state index contributed by atoms with van der Waals surface area (Å²) >= 11 is 0. The smallest absolute Gasteiger partial charge is 0.306 e. The van der Waals surface area contributed by atoms with E-state index in [1.54, 1.807) is 7.11 Å². The number of benzene rings is 2. The van der Waals surface area contributed by atoms with Gasteiger partial charge >= 0.3 is 5.97 Å². The van der Waals surface area contributed by atoms with E-state index >= 15 is 0 Å². The van der Waals surface area contributed by atoms with Crippen molar-refractivity contribution in [1.29, 1.82) is 0 Å². The molecular weight excluding hydrogens is 458 g/mol. The van der Waals surface area contributed by atoms with E-state index in [0.717, 1.165) is 53.9 Å². The molecule has 1 atom stereocenters. The van der Waals surface area contributed by atoms with E-state index in [0.29, 0.717) is 45.4 Å². The van der Waals surface area contributed by atoms with Crippen LogP contribution < -0.4 is 9.47 Å². The lowest BCUT2D eigenvalue weighted by Crippen LogP contribution is -2.30. The van der Waals surface area contributed by atoms with E-state index in [-0.39, 0.29) is 23.7 Å². The predicted molar refractivity (Wildman–Crippen MR) is 135 cm³/mol. The number of aryl methyl sites for hydroxylation is 2. The fourth-order valence-corrected chi connectivity index (χ4v) is 5.06. The Balaban J connectivity index is 1.40. The van der Waals surface area contributed by atoms with Crippen LogP contribution in [0.5, 0.6) is 11.5 Å². The monoisotopic (exact) mass is 493 g/mol. The Labute approximate surface area is 212 Å². The van der Waals surface area contributed by atoms with E-state index in [4.69, 9.17) is 14.2 Å². The fraction of sp³-hybridized carbons (Fsp3) is 0.483. The van der Waals surface area contributed by atoms with E-state index in [1.165, 1.54) is 10.5 Å². The number of rotatable bonds is 12. The number of hydrogen-bond donors (Lipinski definition) is 0. The molecule has 0 spiro atoms. The third kappa shape index (κ3) is 6.25. The van der Waals surface area contributed by atoms with Crippen molar-refractivity contribution in [3.05, 3.63) is 58.7 Å². The van der Waals surface area contributed by atoms with E-state index in [1.807, 2.05) is 13.0 Å². The summed E-state index contributed by atoms with van der Waals surface area (Å²) in [4.78, 5) is 37.4. The van der Waals surface area contributed by atoms with Crippen LogP contribution in [-0.4, -0.2) is 49.6 Å². The predicted octanol–water partition coefficient (Wildman–Crippen LogP) is 4.38. The van der Waals surface area contributed by atoms with Crippen molar-refractivity contribution in [1.82, 2.24) is 4.90 Å². The van der Waals surface area contributed by atoms with Gasteiger partial charge in [0.05, 0.1) is 26.7 Å². The van der Waals surface area contributed by atoms with Gasteiger partial charge in [-0.1, -0.05) is 24.3 Å². The molecule has 7 nitrogen and oxygen atoms in total. The zero-order valence-corrected chi connectivity index (χ0v) is 21.2. The van der Waals surface area contributed by atoms with Crippen LogP contribution in [0.1, 0.15) is 67.2 Å². The molecule has 0 aliphatic carbocycles. The van der Waals surface area contributed by atoms with Gasteiger partial charge in [0.25, 0.3) is 0 Å². The van der Waals surface area contributed by atoms with Crippen LogP contribution in [0.4, 0.5) is 0 Å². The van der Waals surface area contributed by atoms with Gasteiger partial charge in [0.15, 0.2) is 0 Å². The van der Waals surface area contributed by atoms with E-state index in [2.05, 4.69) is 30.3 Å². The number of fused-ring (bicyclic) bond motifs is 1. The van der Waals surface area contributed by atoms with Gasteiger partial charge in [0.2, 0.25) is 11.8 Å². The quantitative estimate of drug-likeness (QED) is 0.322. The second-order valence-electron chi connectivity index (χ2n) is 9.40. The molecule has 1 unspecified atom stereocenters. The largest absolute Gasteiger partial charge is 0.496 e. The molecule has 2 aliphatic rings. The van der Waals surface area contributed by atoms with Crippen LogP contribution in [0.15, 0.2) is 36.4 Å². The highest BCUT2D eigenvalue weighted by Gasteiger charge is 2.28. The van der Waals surface area contributed by atoms with Crippen LogP contribution in [0.2, 0.25) is 0 Å². The van der Waals surface area contributed by atoms with Gasteiger partial charge in [-0.05, 0) is 72.9 Å². The summed E-state index contributed by atoms with van der Waals surface area (Å²) in [6.07, 6.45) is 4.93. The SMILES string of the molecule is CCOC(=O)CC(CCc1ccc(CCCN2C(=O)CCC2=O)c(OC)c1)c1ccc2c(c1)CCO2. The maximum atomic E-state index is 12.3. The van der Waals surface area contributed by atoms with Crippen LogP contribution in [0, 0.1) is 0 Å². The average Bonchev–Trinajstić information content (AvgIpc) is 3.48. The molecule has 7 heteroatoms. The summed E-state index contributed by atoms with van der Waals surface area (Å²) < 4.78 is 16.5. The summed E-state index contributed by atoms with van der Waals surface area (Å²) in [5.41, 5.74) is 4.53. The summed E-state index contributed by atoms with van der Waals surface area (Å²) in [5, 5.41) is 0. The number of carbonyl (C=O) groups is 3. The normalized spacial score (nSPS) is 15.6. The number of ether oxygens (including phenoxy) is 3. The molecule has 192 valence electrons. The first-order chi connectivity index (χ1) is 17.5. The molecule has 1 fully saturated rings. The van der Waals surface area contributed by atoms with Gasteiger partial charge in [-0.25, -0.2) is 0 Å². The first-order valence-electron chi connectivity index (χ1n) is 12.9. The minimum absolute atomic E-state index is 0.0520. The summed E-state index contributed by atoms with van der Waals surface area (Å²) in [7, 11) is 1.66. The van der Waals surface area contributed by atoms with E-state index in [9.17, 15) is 14.4 Å². The zero-order chi connectivity index (χ0) is 25.5. The van der Waals surface area contributed by atoms with Crippen molar-refractivity contribution >= 4 is 17.8 Å². The first kappa shape index (κ1) is 25.7. The second-order valence-corrected chi connectivity index (χ2v) is 9.40. The number of methoxy groups -OCH3 is 1.